The van der Waals surface area contributed by atoms with Crippen LogP contribution in [0.2, 0.25) is 0 Å². The lowest BCUT2D eigenvalue weighted by Crippen LogP contribution is -2.45. The van der Waals surface area contributed by atoms with E-state index in [0.717, 1.165) is 50.0 Å². The highest BCUT2D eigenvalue weighted by atomic mass is 16.2. The van der Waals surface area contributed by atoms with E-state index >= 15 is 0 Å². The molecular weight excluding hydrogens is 336 g/mol. The zero-order valence-corrected chi connectivity index (χ0v) is 15.8. The molecule has 0 saturated heterocycles. The first-order valence-corrected chi connectivity index (χ1v) is 9.88. The Bertz CT molecular complexity index is 833. The summed E-state index contributed by atoms with van der Waals surface area (Å²) in [4.78, 5) is 30.2. The summed E-state index contributed by atoms with van der Waals surface area (Å²) >= 11 is 0. The van der Waals surface area contributed by atoms with E-state index in [4.69, 9.17) is 0 Å². The second kappa shape index (κ2) is 7.55. The van der Waals surface area contributed by atoms with Gasteiger partial charge in [-0.15, -0.1) is 0 Å². The van der Waals surface area contributed by atoms with Crippen LogP contribution in [-0.4, -0.2) is 25.4 Å². The summed E-state index contributed by atoms with van der Waals surface area (Å²) < 4.78 is 0. The molecule has 27 heavy (non-hydrogen) atoms. The first kappa shape index (κ1) is 17.8. The Kier molecular flexibility index (Phi) is 4.97. The van der Waals surface area contributed by atoms with Gasteiger partial charge < -0.3 is 9.80 Å². The summed E-state index contributed by atoms with van der Waals surface area (Å²) in [6.07, 6.45) is 4.53. The maximum atomic E-state index is 13.4. The number of hydrogen-bond donors (Lipinski definition) is 0. The molecule has 4 heteroatoms. The molecule has 1 fully saturated rings. The fourth-order valence-electron chi connectivity index (χ4n) is 4.52. The molecule has 2 amide bonds. The highest BCUT2D eigenvalue weighted by Crippen LogP contribution is 2.37. The Morgan fingerprint density at radius 1 is 0.926 bits per heavy atom. The maximum Gasteiger partial charge on any atom is 0.230 e. The van der Waals surface area contributed by atoms with Gasteiger partial charge in [-0.25, -0.2) is 0 Å². The molecule has 0 N–H and O–H groups in total. The second-order valence-corrected chi connectivity index (χ2v) is 7.60. The summed E-state index contributed by atoms with van der Waals surface area (Å²) in [5, 5.41) is 0. The van der Waals surface area contributed by atoms with Gasteiger partial charge in [-0.3, -0.25) is 9.59 Å². The second-order valence-electron chi connectivity index (χ2n) is 7.60. The van der Waals surface area contributed by atoms with Crippen LogP contribution >= 0.6 is 0 Å². The Balaban J connectivity index is 1.56. The van der Waals surface area contributed by atoms with E-state index in [9.17, 15) is 9.59 Å². The molecular formula is C23H26N2O2. The highest BCUT2D eigenvalue weighted by molar-refractivity contribution is 6.02. The van der Waals surface area contributed by atoms with Crippen LogP contribution in [0.1, 0.15) is 31.2 Å². The first-order valence-electron chi connectivity index (χ1n) is 9.88. The number of benzene rings is 2. The Morgan fingerprint density at radius 2 is 1.59 bits per heavy atom. The smallest absolute Gasteiger partial charge is 0.230 e. The number of nitrogens with zero attached hydrogens (tertiary/aromatic N) is 2. The molecule has 2 unspecified atom stereocenters. The Morgan fingerprint density at radius 3 is 2.37 bits per heavy atom. The zero-order valence-electron chi connectivity index (χ0n) is 15.8. The van der Waals surface area contributed by atoms with Gasteiger partial charge in [-0.05, 0) is 43.0 Å². The third-order valence-corrected chi connectivity index (χ3v) is 6.03. The third-order valence-electron chi connectivity index (χ3n) is 6.03. The van der Waals surface area contributed by atoms with Gasteiger partial charge >= 0.3 is 0 Å². The summed E-state index contributed by atoms with van der Waals surface area (Å²) in [7, 11) is 1.82. The predicted molar refractivity (Wildman–Crippen MR) is 108 cm³/mol. The largest absolute Gasteiger partial charge is 0.315 e. The molecule has 1 aliphatic heterocycles. The van der Waals surface area contributed by atoms with Gasteiger partial charge in [0.2, 0.25) is 11.8 Å². The van der Waals surface area contributed by atoms with Crippen LogP contribution in [0.4, 0.5) is 11.4 Å². The molecule has 2 aromatic carbocycles. The van der Waals surface area contributed by atoms with Gasteiger partial charge in [0.05, 0.1) is 11.8 Å². The van der Waals surface area contributed by atoms with Crippen molar-refractivity contribution in [2.24, 2.45) is 11.8 Å². The molecule has 0 bridgehead atoms. The molecule has 0 spiro atoms. The minimum absolute atomic E-state index is 0.0618. The van der Waals surface area contributed by atoms with Crippen molar-refractivity contribution in [3.05, 3.63) is 60.2 Å². The lowest BCUT2D eigenvalue weighted by Gasteiger charge is -2.34. The standard InChI is InChI=1S/C23H26N2O2/c1-24(18-10-3-2-4-11-18)22(26)19-12-6-7-13-20(19)23(27)25-16-15-17-9-5-8-14-21(17)25/h2-5,8-11,14,19-20H,6-7,12-13,15-16H2,1H3. The summed E-state index contributed by atoms with van der Waals surface area (Å²) in [5.74, 6) is -0.265. The number of hydrogen-bond acceptors (Lipinski definition) is 2. The molecule has 2 aromatic rings. The lowest BCUT2D eigenvalue weighted by molar-refractivity contribution is -0.133. The van der Waals surface area contributed by atoms with Crippen LogP contribution in [0.25, 0.3) is 0 Å². The molecule has 1 aliphatic carbocycles. The number of amides is 2. The van der Waals surface area contributed by atoms with Crippen LogP contribution in [0, 0.1) is 11.8 Å². The van der Waals surface area contributed by atoms with Crippen molar-refractivity contribution in [3.8, 4) is 0 Å². The van der Waals surface area contributed by atoms with Crippen LogP contribution in [0.15, 0.2) is 54.6 Å². The van der Waals surface area contributed by atoms with Crippen molar-refractivity contribution < 1.29 is 9.59 Å². The minimum atomic E-state index is -0.232. The number of para-hydroxylation sites is 2. The predicted octanol–water partition coefficient (Wildman–Crippen LogP) is 4.05. The molecule has 1 saturated carbocycles. The molecule has 2 atom stereocenters. The monoisotopic (exact) mass is 362 g/mol. The third kappa shape index (κ3) is 3.36. The lowest BCUT2D eigenvalue weighted by atomic mass is 9.77. The fourth-order valence-corrected chi connectivity index (χ4v) is 4.52. The molecule has 4 nitrogen and oxygen atoms in total. The van der Waals surface area contributed by atoms with Gasteiger partial charge in [0.25, 0.3) is 0 Å². The summed E-state index contributed by atoms with van der Waals surface area (Å²) in [6.45, 7) is 0.726. The van der Waals surface area contributed by atoms with E-state index in [0.29, 0.717) is 0 Å². The van der Waals surface area contributed by atoms with Crippen LogP contribution in [0.5, 0.6) is 0 Å². The molecule has 1 heterocycles. The first-order chi connectivity index (χ1) is 13.2. The molecule has 0 radical (unpaired) electrons. The Hall–Kier alpha value is -2.62. The van der Waals surface area contributed by atoms with Gasteiger partial charge in [-0.1, -0.05) is 49.2 Å². The molecule has 2 aliphatic rings. The van der Waals surface area contributed by atoms with Gasteiger partial charge in [0.15, 0.2) is 0 Å². The van der Waals surface area contributed by atoms with Crippen LogP contribution in [0.3, 0.4) is 0 Å². The fraction of sp³-hybridized carbons (Fsp3) is 0.391. The van der Waals surface area contributed by atoms with E-state index in [2.05, 4.69) is 6.07 Å². The van der Waals surface area contributed by atoms with Crippen molar-refractivity contribution >= 4 is 23.2 Å². The number of fused-ring (bicyclic) bond motifs is 1. The Labute approximate surface area is 160 Å². The van der Waals surface area contributed by atoms with E-state index < -0.39 is 0 Å². The van der Waals surface area contributed by atoms with Crippen LogP contribution in [-0.2, 0) is 16.0 Å². The van der Waals surface area contributed by atoms with Crippen molar-refractivity contribution in [2.45, 2.75) is 32.1 Å². The normalized spacial score (nSPS) is 21.6. The summed E-state index contributed by atoms with van der Waals surface area (Å²) in [6, 6.07) is 17.8. The van der Waals surface area contributed by atoms with Gasteiger partial charge in [-0.2, -0.15) is 0 Å². The number of rotatable bonds is 3. The average Bonchev–Trinajstić information content (AvgIpc) is 3.17. The quantitative estimate of drug-likeness (QED) is 0.827. The van der Waals surface area contributed by atoms with Crippen LogP contribution < -0.4 is 9.80 Å². The van der Waals surface area contributed by atoms with E-state index in [1.54, 1.807) is 4.90 Å². The maximum absolute atomic E-state index is 13.4. The van der Waals surface area contributed by atoms with Crippen molar-refractivity contribution in [1.82, 2.24) is 0 Å². The molecule has 140 valence electrons. The van der Waals surface area contributed by atoms with Crippen molar-refractivity contribution in [2.75, 3.05) is 23.4 Å². The average molecular weight is 362 g/mol. The van der Waals surface area contributed by atoms with E-state index in [1.807, 2.05) is 60.5 Å². The van der Waals surface area contributed by atoms with Crippen molar-refractivity contribution in [1.29, 1.82) is 0 Å². The highest BCUT2D eigenvalue weighted by Gasteiger charge is 2.40. The van der Waals surface area contributed by atoms with Gasteiger partial charge in [0.1, 0.15) is 0 Å². The number of carbonyl (C=O) groups excluding carboxylic acids is 2. The molecule has 4 rings (SSSR count). The van der Waals surface area contributed by atoms with E-state index in [-0.39, 0.29) is 23.7 Å². The SMILES string of the molecule is CN(C(=O)C1CCCCC1C(=O)N1CCc2ccccc21)c1ccccc1. The summed E-state index contributed by atoms with van der Waals surface area (Å²) in [5.41, 5.74) is 3.13. The van der Waals surface area contributed by atoms with E-state index in [1.165, 1.54) is 5.56 Å². The zero-order chi connectivity index (χ0) is 18.8. The van der Waals surface area contributed by atoms with Crippen molar-refractivity contribution in [3.63, 3.8) is 0 Å². The van der Waals surface area contributed by atoms with Gasteiger partial charge in [0, 0.05) is 25.0 Å². The topological polar surface area (TPSA) is 40.6 Å². The number of anilines is 2. The minimum Gasteiger partial charge on any atom is -0.315 e. The number of carbonyl (C=O) groups is 2. The molecule has 0 aromatic heterocycles.